The first-order chi connectivity index (χ1) is 11.2. The summed E-state index contributed by atoms with van der Waals surface area (Å²) in [5.74, 6) is 0.253. The molecule has 0 radical (unpaired) electrons. The van der Waals surface area contributed by atoms with Crippen LogP contribution in [0.25, 0.3) is 0 Å². The van der Waals surface area contributed by atoms with Gasteiger partial charge in [-0.3, -0.25) is 4.79 Å². The smallest absolute Gasteiger partial charge is 0.317 e. The third kappa shape index (κ3) is 3.52. The molecule has 0 aromatic carbocycles. The molecular weight excluding hydrogens is 310 g/mol. The van der Waals surface area contributed by atoms with Crippen molar-refractivity contribution in [2.24, 2.45) is 0 Å². The zero-order valence-electron chi connectivity index (χ0n) is 13.7. The average molecular weight is 335 g/mol. The fraction of sp³-hybridized carbons (Fsp3) is 0.647. The van der Waals surface area contributed by atoms with Crippen LogP contribution in [0.15, 0.2) is 11.4 Å². The Morgan fingerprint density at radius 1 is 1.39 bits per heavy atom. The molecule has 1 aromatic rings. The molecule has 1 unspecified atom stereocenters. The number of carbonyl (C=O) groups excluding carboxylic acids is 2. The van der Waals surface area contributed by atoms with Crippen LogP contribution in [0.3, 0.4) is 0 Å². The van der Waals surface area contributed by atoms with Gasteiger partial charge in [-0.15, -0.1) is 11.3 Å². The monoisotopic (exact) mass is 335 g/mol. The molecular formula is C17H25N3O2S. The first-order valence-corrected chi connectivity index (χ1v) is 9.47. The summed E-state index contributed by atoms with van der Waals surface area (Å²) < 4.78 is 0. The number of hydrogen-bond acceptors (Lipinski definition) is 3. The van der Waals surface area contributed by atoms with E-state index in [1.807, 2.05) is 9.80 Å². The van der Waals surface area contributed by atoms with E-state index < -0.39 is 0 Å². The second-order valence-electron chi connectivity index (χ2n) is 6.24. The van der Waals surface area contributed by atoms with Crippen molar-refractivity contribution in [3.63, 3.8) is 0 Å². The predicted molar refractivity (Wildman–Crippen MR) is 91.6 cm³/mol. The number of fused-ring (bicyclic) bond motifs is 1. The van der Waals surface area contributed by atoms with Crippen LogP contribution in [0.5, 0.6) is 0 Å². The molecule has 0 spiro atoms. The van der Waals surface area contributed by atoms with E-state index in [9.17, 15) is 9.59 Å². The second kappa shape index (κ2) is 7.34. The first kappa shape index (κ1) is 16.3. The molecule has 23 heavy (non-hydrogen) atoms. The summed E-state index contributed by atoms with van der Waals surface area (Å²) in [6.45, 7) is 5.19. The summed E-state index contributed by atoms with van der Waals surface area (Å²) in [6.07, 6.45) is 4.38. The van der Waals surface area contributed by atoms with Gasteiger partial charge in [0.05, 0.1) is 6.04 Å². The highest BCUT2D eigenvalue weighted by atomic mass is 32.1. The molecule has 3 heterocycles. The van der Waals surface area contributed by atoms with Crippen LogP contribution in [-0.2, 0) is 11.2 Å². The Balaban J connectivity index is 1.47. The highest BCUT2D eigenvalue weighted by Crippen LogP contribution is 2.35. The number of rotatable bonds is 5. The van der Waals surface area contributed by atoms with Gasteiger partial charge in [0.25, 0.3) is 0 Å². The standard InChI is InChI=1S/C17H25N3O2S/c1-2-14-13-7-12-23-15(13)6-11-20(14)17(22)18-8-4-10-19-9-3-5-16(19)21/h7,12,14H,2-6,8-11H2,1H3,(H,18,22). The van der Waals surface area contributed by atoms with Crippen LogP contribution >= 0.6 is 11.3 Å². The maximum Gasteiger partial charge on any atom is 0.317 e. The molecule has 3 rings (SSSR count). The normalized spacial score (nSPS) is 20.7. The SMILES string of the molecule is CCC1c2ccsc2CCN1C(=O)NCCCN1CCCC1=O. The fourth-order valence-electron chi connectivity index (χ4n) is 3.59. The summed E-state index contributed by atoms with van der Waals surface area (Å²) in [5.41, 5.74) is 1.32. The van der Waals surface area contributed by atoms with Gasteiger partial charge in [0.2, 0.25) is 5.91 Å². The lowest BCUT2D eigenvalue weighted by Crippen LogP contribution is -2.45. The van der Waals surface area contributed by atoms with Crippen LogP contribution < -0.4 is 5.32 Å². The van der Waals surface area contributed by atoms with Crippen LogP contribution in [0.1, 0.15) is 49.1 Å². The van der Waals surface area contributed by atoms with Gasteiger partial charge in [-0.2, -0.15) is 0 Å². The van der Waals surface area contributed by atoms with Crippen molar-refractivity contribution in [2.45, 2.75) is 45.1 Å². The molecule has 1 atom stereocenters. The van der Waals surface area contributed by atoms with Crippen LogP contribution in [0.4, 0.5) is 4.79 Å². The van der Waals surface area contributed by atoms with Crippen molar-refractivity contribution in [3.8, 4) is 0 Å². The maximum absolute atomic E-state index is 12.5. The van der Waals surface area contributed by atoms with Crippen LogP contribution in [0, 0.1) is 0 Å². The minimum atomic E-state index is 0.0291. The Morgan fingerprint density at radius 2 is 2.26 bits per heavy atom. The highest BCUT2D eigenvalue weighted by Gasteiger charge is 2.30. The molecule has 0 bridgehead atoms. The van der Waals surface area contributed by atoms with E-state index in [0.717, 1.165) is 45.3 Å². The zero-order valence-corrected chi connectivity index (χ0v) is 14.5. The van der Waals surface area contributed by atoms with Crippen molar-refractivity contribution in [3.05, 3.63) is 21.9 Å². The van der Waals surface area contributed by atoms with E-state index >= 15 is 0 Å². The Morgan fingerprint density at radius 3 is 3.00 bits per heavy atom. The summed E-state index contributed by atoms with van der Waals surface area (Å²) in [5, 5.41) is 5.16. The number of likely N-dealkylation sites (tertiary alicyclic amines) is 1. The van der Waals surface area contributed by atoms with E-state index in [1.54, 1.807) is 11.3 Å². The molecule has 1 saturated heterocycles. The Kier molecular flexibility index (Phi) is 5.20. The predicted octanol–water partition coefficient (Wildman–Crippen LogP) is 2.78. The minimum absolute atomic E-state index is 0.0291. The topological polar surface area (TPSA) is 52.7 Å². The largest absolute Gasteiger partial charge is 0.343 e. The average Bonchev–Trinajstić information content (AvgIpc) is 3.19. The summed E-state index contributed by atoms with van der Waals surface area (Å²) in [7, 11) is 0. The van der Waals surface area contributed by atoms with Gasteiger partial charge >= 0.3 is 6.03 Å². The van der Waals surface area contributed by atoms with Gasteiger partial charge in [0.1, 0.15) is 0 Å². The van der Waals surface area contributed by atoms with Crippen molar-refractivity contribution in [1.29, 1.82) is 0 Å². The Hall–Kier alpha value is -1.56. The van der Waals surface area contributed by atoms with Crippen molar-refractivity contribution >= 4 is 23.3 Å². The zero-order chi connectivity index (χ0) is 16.2. The maximum atomic E-state index is 12.5. The Labute approximate surface area is 141 Å². The number of hydrogen-bond donors (Lipinski definition) is 1. The number of carbonyl (C=O) groups is 2. The van der Waals surface area contributed by atoms with E-state index in [-0.39, 0.29) is 18.0 Å². The van der Waals surface area contributed by atoms with E-state index in [0.29, 0.717) is 13.0 Å². The molecule has 0 saturated carbocycles. The molecule has 126 valence electrons. The third-order valence-corrected chi connectivity index (χ3v) is 5.79. The Bertz CT molecular complexity index is 572. The lowest BCUT2D eigenvalue weighted by Gasteiger charge is -2.35. The van der Waals surface area contributed by atoms with Gasteiger partial charge in [0, 0.05) is 37.5 Å². The summed E-state index contributed by atoms with van der Waals surface area (Å²) in [4.78, 5) is 29.3. The lowest BCUT2D eigenvalue weighted by molar-refractivity contribution is -0.127. The molecule has 2 aliphatic rings. The molecule has 1 aromatic heterocycles. The number of amides is 3. The second-order valence-corrected chi connectivity index (χ2v) is 7.24. The number of urea groups is 1. The highest BCUT2D eigenvalue weighted by molar-refractivity contribution is 7.10. The molecule has 1 fully saturated rings. The minimum Gasteiger partial charge on any atom is -0.343 e. The molecule has 5 nitrogen and oxygen atoms in total. The molecule has 1 N–H and O–H groups in total. The van der Waals surface area contributed by atoms with Crippen LogP contribution in [-0.4, -0.2) is 47.9 Å². The van der Waals surface area contributed by atoms with Gasteiger partial charge in [-0.05, 0) is 42.7 Å². The number of thiophene rings is 1. The van der Waals surface area contributed by atoms with Crippen LogP contribution in [0.2, 0.25) is 0 Å². The molecule has 3 amide bonds. The van der Waals surface area contributed by atoms with E-state index in [1.165, 1.54) is 10.4 Å². The van der Waals surface area contributed by atoms with Crippen molar-refractivity contribution in [2.75, 3.05) is 26.2 Å². The van der Waals surface area contributed by atoms with Crippen molar-refractivity contribution < 1.29 is 9.59 Å². The van der Waals surface area contributed by atoms with Gasteiger partial charge in [0.15, 0.2) is 0 Å². The number of nitrogens with zero attached hydrogens (tertiary/aromatic N) is 2. The molecule has 6 heteroatoms. The number of nitrogens with one attached hydrogen (secondary N) is 1. The molecule has 2 aliphatic heterocycles. The summed E-state index contributed by atoms with van der Waals surface area (Å²) in [6, 6.07) is 2.39. The van der Waals surface area contributed by atoms with Gasteiger partial charge in [-0.25, -0.2) is 4.79 Å². The lowest BCUT2D eigenvalue weighted by atomic mass is 9.98. The molecule has 0 aliphatic carbocycles. The van der Waals surface area contributed by atoms with Gasteiger partial charge in [-0.1, -0.05) is 6.92 Å². The van der Waals surface area contributed by atoms with Gasteiger partial charge < -0.3 is 15.1 Å². The third-order valence-electron chi connectivity index (χ3n) is 4.79. The van der Waals surface area contributed by atoms with E-state index in [2.05, 4.69) is 23.7 Å². The summed E-state index contributed by atoms with van der Waals surface area (Å²) >= 11 is 1.80. The fourth-order valence-corrected chi connectivity index (χ4v) is 4.52. The first-order valence-electron chi connectivity index (χ1n) is 8.59. The van der Waals surface area contributed by atoms with Crippen molar-refractivity contribution in [1.82, 2.24) is 15.1 Å². The quantitative estimate of drug-likeness (QED) is 0.841. The van der Waals surface area contributed by atoms with E-state index in [4.69, 9.17) is 0 Å².